The fourth-order valence-corrected chi connectivity index (χ4v) is 4.39. The lowest BCUT2D eigenvalue weighted by Gasteiger charge is -2.44. The number of carboxylic acids is 1. The van der Waals surface area contributed by atoms with Crippen LogP contribution in [0.2, 0.25) is 0 Å². The van der Waals surface area contributed by atoms with Crippen LogP contribution < -0.4 is 5.32 Å². The van der Waals surface area contributed by atoms with E-state index in [-0.39, 0.29) is 11.8 Å². The van der Waals surface area contributed by atoms with Crippen LogP contribution >= 0.6 is 0 Å². The van der Waals surface area contributed by atoms with Crippen LogP contribution in [0.5, 0.6) is 0 Å². The summed E-state index contributed by atoms with van der Waals surface area (Å²) >= 11 is 0. The molecule has 2 rings (SSSR count). The Bertz CT molecular complexity index is 400. The van der Waals surface area contributed by atoms with Crippen LogP contribution in [-0.4, -0.2) is 23.7 Å². The van der Waals surface area contributed by atoms with Crippen molar-refractivity contribution in [2.24, 2.45) is 17.3 Å². The summed E-state index contributed by atoms with van der Waals surface area (Å²) in [6.07, 6.45) is 9.55. The van der Waals surface area contributed by atoms with E-state index < -0.39 is 11.4 Å². The van der Waals surface area contributed by atoms with Gasteiger partial charge in [-0.1, -0.05) is 13.3 Å². The van der Waals surface area contributed by atoms with E-state index in [9.17, 15) is 9.90 Å². The van der Waals surface area contributed by atoms with Gasteiger partial charge in [0.1, 0.15) is 0 Å². The Morgan fingerprint density at radius 1 is 1.23 bits per heavy atom. The maximum atomic E-state index is 12.0. The SMILES string of the molecule is CCCCNC1CCC(C(=O)O)(C2CCC(C#N)CC2)CC1. The third-order valence-corrected chi connectivity index (χ3v) is 5.96. The first-order valence-corrected chi connectivity index (χ1v) is 8.98. The van der Waals surface area contributed by atoms with E-state index in [0.717, 1.165) is 57.9 Å². The predicted octanol–water partition coefficient (Wildman–Crippen LogP) is 3.72. The minimum absolute atomic E-state index is 0.147. The Labute approximate surface area is 134 Å². The van der Waals surface area contributed by atoms with Crippen molar-refractivity contribution in [2.75, 3.05) is 6.54 Å². The lowest BCUT2D eigenvalue weighted by Crippen LogP contribution is -2.46. The zero-order valence-electron chi connectivity index (χ0n) is 13.8. The molecule has 0 aromatic carbocycles. The van der Waals surface area contributed by atoms with Gasteiger partial charge in [-0.05, 0) is 70.3 Å². The number of nitriles is 1. The fraction of sp³-hybridized carbons (Fsp3) is 0.889. The molecule has 4 nitrogen and oxygen atoms in total. The lowest BCUT2D eigenvalue weighted by atomic mass is 9.60. The molecule has 0 bridgehead atoms. The second kappa shape index (κ2) is 7.97. The van der Waals surface area contributed by atoms with Crippen molar-refractivity contribution in [3.8, 4) is 6.07 Å². The lowest BCUT2D eigenvalue weighted by molar-refractivity contribution is -0.157. The van der Waals surface area contributed by atoms with Gasteiger partial charge in [0.25, 0.3) is 0 Å². The van der Waals surface area contributed by atoms with Gasteiger partial charge in [-0.3, -0.25) is 4.79 Å². The number of carboxylic acid groups (broad SMARTS) is 1. The van der Waals surface area contributed by atoms with Crippen LogP contribution in [0.4, 0.5) is 0 Å². The van der Waals surface area contributed by atoms with E-state index in [1.54, 1.807) is 0 Å². The molecule has 0 amide bonds. The summed E-state index contributed by atoms with van der Waals surface area (Å²) in [4.78, 5) is 12.0. The average molecular weight is 306 g/mol. The van der Waals surface area contributed by atoms with Crippen molar-refractivity contribution in [1.29, 1.82) is 5.26 Å². The van der Waals surface area contributed by atoms with Gasteiger partial charge < -0.3 is 10.4 Å². The first kappa shape index (κ1) is 17.3. The Morgan fingerprint density at radius 3 is 2.36 bits per heavy atom. The van der Waals surface area contributed by atoms with Crippen LogP contribution in [0.15, 0.2) is 0 Å². The van der Waals surface area contributed by atoms with E-state index in [4.69, 9.17) is 5.26 Å². The van der Waals surface area contributed by atoms with Crippen molar-refractivity contribution in [3.63, 3.8) is 0 Å². The van der Waals surface area contributed by atoms with E-state index in [1.165, 1.54) is 12.8 Å². The van der Waals surface area contributed by atoms with Crippen LogP contribution in [0, 0.1) is 28.6 Å². The minimum atomic E-state index is -0.597. The summed E-state index contributed by atoms with van der Waals surface area (Å²) in [5.74, 6) is -0.180. The third-order valence-electron chi connectivity index (χ3n) is 5.96. The number of aliphatic carboxylic acids is 1. The molecule has 2 saturated carbocycles. The van der Waals surface area contributed by atoms with Gasteiger partial charge in [-0.25, -0.2) is 0 Å². The van der Waals surface area contributed by atoms with Gasteiger partial charge in [0.05, 0.1) is 11.5 Å². The molecule has 0 unspecified atom stereocenters. The number of nitrogens with one attached hydrogen (secondary N) is 1. The van der Waals surface area contributed by atoms with Gasteiger partial charge in [-0.15, -0.1) is 0 Å². The summed E-state index contributed by atoms with van der Waals surface area (Å²) in [7, 11) is 0. The molecule has 0 saturated heterocycles. The second-order valence-corrected chi connectivity index (χ2v) is 7.22. The number of nitrogens with zero attached hydrogens (tertiary/aromatic N) is 1. The molecular weight excluding hydrogens is 276 g/mol. The second-order valence-electron chi connectivity index (χ2n) is 7.22. The Morgan fingerprint density at radius 2 is 1.86 bits per heavy atom. The fourth-order valence-electron chi connectivity index (χ4n) is 4.39. The Balaban J connectivity index is 1.92. The average Bonchev–Trinajstić information content (AvgIpc) is 2.56. The molecule has 0 atom stereocenters. The molecule has 2 aliphatic carbocycles. The molecule has 22 heavy (non-hydrogen) atoms. The number of hydrogen-bond donors (Lipinski definition) is 2. The first-order chi connectivity index (χ1) is 10.6. The van der Waals surface area contributed by atoms with Gasteiger partial charge in [0.15, 0.2) is 0 Å². The summed E-state index contributed by atoms with van der Waals surface area (Å²) in [6.45, 7) is 3.24. The molecule has 124 valence electrons. The van der Waals surface area contributed by atoms with Crippen molar-refractivity contribution >= 4 is 5.97 Å². The van der Waals surface area contributed by atoms with Crippen LogP contribution in [0.1, 0.15) is 71.1 Å². The van der Waals surface area contributed by atoms with Crippen LogP contribution in [-0.2, 0) is 4.79 Å². The Hall–Kier alpha value is -1.08. The minimum Gasteiger partial charge on any atom is -0.481 e. The summed E-state index contributed by atoms with van der Waals surface area (Å²) in [5, 5.41) is 22.5. The third kappa shape index (κ3) is 3.81. The number of unbranched alkanes of at least 4 members (excludes halogenated alkanes) is 1. The Kier molecular flexibility index (Phi) is 6.26. The molecule has 4 heteroatoms. The molecule has 2 aliphatic rings. The van der Waals surface area contributed by atoms with Crippen LogP contribution in [0.3, 0.4) is 0 Å². The molecule has 2 fully saturated rings. The highest BCUT2D eigenvalue weighted by atomic mass is 16.4. The van der Waals surface area contributed by atoms with E-state index >= 15 is 0 Å². The molecule has 0 radical (unpaired) electrons. The van der Waals surface area contributed by atoms with Crippen molar-refractivity contribution in [1.82, 2.24) is 5.32 Å². The monoisotopic (exact) mass is 306 g/mol. The zero-order chi connectivity index (χ0) is 16.0. The van der Waals surface area contributed by atoms with Crippen LogP contribution in [0.25, 0.3) is 0 Å². The van der Waals surface area contributed by atoms with Gasteiger partial charge in [0.2, 0.25) is 0 Å². The maximum absolute atomic E-state index is 12.0. The highest BCUT2D eigenvalue weighted by Crippen LogP contribution is 2.49. The van der Waals surface area contributed by atoms with Crippen molar-refractivity contribution in [3.05, 3.63) is 0 Å². The molecule has 0 aromatic rings. The summed E-state index contributed by atoms with van der Waals surface area (Å²) in [5.41, 5.74) is -0.524. The normalized spacial score (nSPS) is 35.7. The predicted molar refractivity (Wildman–Crippen MR) is 86.3 cm³/mol. The van der Waals surface area contributed by atoms with Crippen molar-refractivity contribution in [2.45, 2.75) is 77.2 Å². The summed E-state index contributed by atoms with van der Waals surface area (Å²) < 4.78 is 0. The highest BCUT2D eigenvalue weighted by molar-refractivity contribution is 5.75. The quantitative estimate of drug-likeness (QED) is 0.734. The molecule has 0 heterocycles. The van der Waals surface area contributed by atoms with Crippen molar-refractivity contribution < 1.29 is 9.90 Å². The molecule has 0 aliphatic heterocycles. The molecule has 0 aromatic heterocycles. The topological polar surface area (TPSA) is 73.1 Å². The first-order valence-electron chi connectivity index (χ1n) is 8.98. The molecule has 0 spiro atoms. The zero-order valence-corrected chi connectivity index (χ0v) is 13.8. The standard InChI is InChI=1S/C18H30N2O2/c1-2-3-12-20-16-8-10-18(11-9-16,17(21)22)15-6-4-14(13-19)5-7-15/h14-16,20H,2-12H2,1H3,(H,21,22). The van der Waals surface area contributed by atoms with E-state index in [1.807, 2.05) is 0 Å². The van der Waals surface area contributed by atoms with Gasteiger partial charge in [-0.2, -0.15) is 5.26 Å². The number of carbonyl (C=O) groups is 1. The largest absolute Gasteiger partial charge is 0.481 e. The molecule has 2 N–H and O–H groups in total. The maximum Gasteiger partial charge on any atom is 0.309 e. The van der Waals surface area contributed by atoms with E-state index in [0.29, 0.717) is 6.04 Å². The van der Waals surface area contributed by atoms with Gasteiger partial charge >= 0.3 is 5.97 Å². The summed E-state index contributed by atoms with van der Waals surface area (Å²) in [6, 6.07) is 2.84. The van der Waals surface area contributed by atoms with Gasteiger partial charge in [0, 0.05) is 12.0 Å². The smallest absolute Gasteiger partial charge is 0.309 e. The number of rotatable bonds is 6. The molecular formula is C18H30N2O2. The highest BCUT2D eigenvalue weighted by Gasteiger charge is 2.48. The number of hydrogen-bond acceptors (Lipinski definition) is 3. The van der Waals surface area contributed by atoms with E-state index in [2.05, 4.69) is 18.3 Å².